The number of hydrogen-bond donors (Lipinski definition) is 1. The van der Waals surface area contributed by atoms with Crippen LogP contribution in [0.25, 0.3) is 0 Å². The molecule has 0 spiro atoms. The van der Waals surface area contributed by atoms with Gasteiger partial charge in [-0.05, 0) is 49.7 Å². The average molecular weight is 310 g/mol. The van der Waals surface area contributed by atoms with Crippen LogP contribution in [-0.4, -0.2) is 13.7 Å². The van der Waals surface area contributed by atoms with E-state index < -0.39 is 0 Å². The summed E-state index contributed by atoms with van der Waals surface area (Å²) in [5.41, 5.74) is 3.64. The molecule has 1 aromatic carbocycles. The zero-order valence-electron chi connectivity index (χ0n) is 12.3. The van der Waals surface area contributed by atoms with Gasteiger partial charge in [-0.25, -0.2) is 0 Å². The number of methoxy groups -OCH3 is 1. The van der Waals surface area contributed by atoms with Gasteiger partial charge in [0.05, 0.1) is 17.5 Å². The van der Waals surface area contributed by atoms with E-state index in [9.17, 15) is 0 Å². The molecule has 0 saturated carbocycles. The van der Waals surface area contributed by atoms with Gasteiger partial charge in [-0.15, -0.1) is 11.3 Å². The number of aryl methyl sites for hydroxylation is 2. The molecule has 1 N–H and O–H groups in total. The van der Waals surface area contributed by atoms with Crippen LogP contribution in [0.4, 0.5) is 0 Å². The van der Waals surface area contributed by atoms with Crippen LogP contribution >= 0.6 is 22.9 Å². The maximum absolute atomic E-state index is 6.09. The number of hydrogen-bond acceptors (Lipinski definition) is 3. The number of rotatable bonds is 5. The summed E-state index contributed by atoms with van der Waals surface area (Å²) < 4.78 is 6.41. The molecule has 0 bridgehead atoms. The highest BCUT2D eigenvalue weighted by atomic mass is 35.5. The molecule has 0 aliphatic heterocycles. The first-order valence-corrected chi connectivity index (χ1v) is 7.90. The molecule has 0 saturated heterocycles. The monoisotopic (exact) mass is 309 g/mol. The molecular formula is C16H20ClNOS. The van der Waals surface area contributed by atoms with Crippen LogP contribution in [0.5, 0.6) is 5.75 Å². The lowest BCUT2D eigenvalue weighted by atomic mass is 9.96. The molecule has 1 atom stereocenters. The van der Waals surface area contributed by atoms with E-state index in [4.69, 9.17) is 16.3 Å². The normalized spacial score (nSPS) is 12.4. The Labute approximate surface area is 129 Å². The Morgan fingerprint density at radius 1 is 1.30 bits per heavy atom. The van der Waals surface area contributed by atoms with Crippen molar-refractivity contribution >= 4 is 22.9 Å². The van der Waals surface area contributed by atoms with Crippen molar-refractivity contribution < 1.29 is 4.74 Å². The molecule has 1 heterocycles. The van der Waals surface area contributed by atoms with E-state index in [-0.39, 0.29) is 6.04 Å². The van der Waals surface area contributed by atoms with Gasteiger partial charge >= 0.3 is 0 Å². The minimum atomic E-state index is 0.119. The summed E-state index contributed by atoms with van der Waals surface area (Å²) in [5, 5.41) is 3.54. The van der Waals surface area contributed by atoms with Crippen molar-refractivity contribution in [3.05, 3.63) is 50.2 Å². The van der Waals surface area contributed by atoms with Crippen molar-refractivity contribution in [1.82, 2.24) is 5.32 Å². The summed E-state index contributed by atoms with van der Waals surface area (Å²) in [5.74, 6) is 0.929. The molecule has 0 aliphatic carbocycles. The van der Waals surface area contributed by atoms with Crippen molar-refractivity contribution in [2.75, 3.05) is 13.7 Å². The summed E-state index contributed by atoms with van der Waals surface area (Å²) >= 11 is 7.70. The second-order valence-corrected chi connectivity index (χ2v) is 6.58. The molecule has 0 fully saturated rings. The summed E-state index contributed by atoms with van der Waals surface area (Å²) in [6.45, 7) is 7.21. The zero-order chi connectivity index (χ0) is 14.7. The van der Waals surface area contributed by atoms with Gasteiger partial charge < -0.3 is 10.1 Å². The first-order chi connectivity index (χ1) is 9.56. The fourth-order valence-electron chi connectivity index (χ4n) is 2.51. The summed E-state index contributed by atoms with van der Waals surface area (Å²) in [4.78, 5) is 1.21. The molecule has 0 amide bonds. The van der Waals surface area contributed by atoms with Crippen molar-refractivity contribution in [3.8, 4) is 5.75 Å². The van der Waals surface area contributed by atoms with Crippen LogP contribution < -0.4 is 10.1 Å². The molecule has 4 heteroatoms. The van der Waals surface area contributed by atoms with E-state index in [2.05, 4.69) is 44.3 Å². The minimum absolute atomic E-state index is 0.119. The lowest BCUT2D eigenvalue weighted by Gasteiger charge is -2.22. The molecule has 108 valence electrons. The second-order valence-electron chi connectivity index (χ2n) is 4.83. The van der Waals surface area contributed by atoms with E-state index in [1.54, 1.807) is 18.4 Å². The number of benzene rings is 1. The lowest BCUT2D eigenvalue weighted by Crippen LogP contribution is -2.22. The first kappa shape index (κ1) is 15.4. The third-order valence-electron chi connectivity index (χ3n) is 3.29. The molecule has 0 aliphatic rings. The largest absolute Gasteiger partial charge is 0.496 e. The van der Waals surface area contributed by atoms with Gasteiger partial charge in [0.15, 0.2) is 0 Å². The number of nitrogens with one attached hydrogen (secondary N) is 1. The fourth-order valence-corrected chi connectivity index (χ4v) is 3.66. The van der Waals surface area contributed by atoms with E-state index in [1.807, 2.05) is 6.07 Å². The quantitative estimate of drug-likeness (QED) is 0.862. The summed E-state index contributed by atoms with van der Waals surface area (Å²) in [6, 6.07) is 8.42. The van der Waals surface area contributed by atoms with Gasteiger partial charge in [0.25, 0.3) is 0 Å². The van der Waals surface area contributed by atoms with E-state index in [0.29, 0.717) is 0 Å². The third kappa shape index (κ3) is 3.17. The highest BCUT2D eigenvalue weighted by Gasteiger charge is 2.21. The third-order valence-corrected chi connectivity index (χ3v) is 4.58. The van der Waals surface area contributed by atoms with Gasteiger partial charge in [-0.2, -0.15) is 0 Å². The zero-order valence-corrected chi connectivity index (χ0v) is 13.9. The Bertz CT molecular complexity index is 594. The van der Waals surface area contributed by atoms with Crippen molar-refractivity contribution in [2.24, 2.45) is 0 Å². The van der Waals surface area contributed by atoms with Gasteiger partial charge in [0, 0.05) is 10.4 Å². The standard InChI is InChI=1S/C16H20ClNOS/c1-5-18-16(13-6-7-14(17)20-13)15-11(3)8-10(2)9-12(15)19-4/h6-9,16,18H,5H2,1-4H3. The summed E-state index contributed by atoms with van der Waals surface area (Å²) in [7, 11) is 1.72. The predicted molar refractivity (Wildman–Crippen MR) is 87.3 cm³/mol. The van der Waals surface area contributed by atoms with Crippen LogP contribution in [-0.2, 0) is 0 Å². The number of ether oxygens (including phenoxy) is 1. The highest BCUT2D eigenvalue weighted by Crippen LogP contribution is 2.37. The lowest BCUT2D eigenvalue weighted by molar-refractivity contribution is 0.403. The second kappa shape index (κ2) is 6.61. The first-order valence-electron chi connectivity index (χ1n) is 6.70. The number of thiophene rings is 1. The average Bonchev–Trinajstić information content (AvgIpc) is 2.82. The van der Waals surface area contributed by atoms with Crippen LogP contribution in [0.2, 0.25) is 4.34 Å². The van der Waals surface area contributed by atoms with Crippen LogP contribution in [0.1, 0.15) is 34.5 Å². The van der Waals surface area contributed by atoms with E-state index in [1.165, 1.54) is 21.6 Å². The molecule has 0 radical (unpaired) electrons. The molecule has 1 aromatic heterocycles. The van der Waals surface area contributed by atoms with Gasteiger partial charge in [-0.3, -0.25) is 0 Å². The molecule has 20 heavy (non-hydrogen) atoms. The van der Waals surface area contributed by atoms with Gasteiger partial charge in [0.1, 0.15) is 5.75 Å². The molecule has 2 aromatic rings. The van der Waals surface area contributed by atoms with E-state index >= 15 is 0 Å². The van der Waals surface area contributed by atoms with Crippen LogP contribution in [0.3, 0.4) is 0 Å². The topological polar surface area (TPSA) is 21.3 Å². The highest BCUT2D eigenvalue weighted by molar-refractivity contribution is 7.16. The van der Waals surface area contributed by atoms with Crippen molar-refractivity contribution in [2.45, 2.75) is 26.8 Å². The van der Waals surface area contributed by atoms with Gasteiger partial charge in [-0.1, -0.05) is 24.6 Å². The molecule has 1 unspecified atom stereocenters. The van der Waals surface area contributed by atoms with Crippen LogP contribution in [0, 0.1) is 13.8 Å². The molecule has 2 nitrogen and oxygen atoms in total. The fraction of sp³-hybridized carbons (Fsp3) is 0.375. The summed E-state index contributed by atoms with van der Waals surface area (Å²) in [6.07, 6.45) is 0. The Kier molecular flexibility index (Phi) is 5.08. The van der Waals surface area contributed by atoms with Crippen molar-refractivity contribution in [3.63, 3.8) is 0 Å². The minimum Gasteiger partial charge on any atom is -0.496 e. The number of halogens is 1. The Hall–Kier alpha value is -1.03. The predicted octanol–water partition coefficient (Wildman–Crippen LogP) is 4.73. The smallest absolute Gasteiger partial charge is 0.124 e. The molecule has 2 rings (SSSR count). The maximum atomic E-state index is 6.09. The Morgan fingerprint density at radius 2 is 2.05 bits per heavy atom. The van der Waals surface area contributed by atoms with Gasteiger partial charge in [0.2, 0.25) is 0 Å². The molecular weight excluding hydrogens is 290 g/mol. The van der Waals surface area contributed by atoms with Crippen LogP contribution in [0.15, 0.2) is 24.3 Å². The van der Waals surface area contributed by atoms with E-state index in [0.717, 1.165) is 16.6 Å². The maximum Gasteiger partial charge on any atom is 0.124 e. The Morgan fingerprint density at radius 3 is 2.60 bits per heavy atom. The van der Waals surface area contributed by atoms with Crippen molar-refractivity contribution in [1.29, 1.82) is 0 Å². The Balaban J connectivity index is 2.54. The SMILES string of the molecule is CCNC(c1ccc(Cl)s1)c1c(C)cc(C)cc1OC.